The van der Waals surface area contributed by atoms with E-state index in [0.717, 1.165) is 53.7 Å². The minimum absolute atomic E-state index is 0.318. The molecule has 37 heavy (non-hydrogen) atoms. The Morgan fingerprint density at radius 1 is 1.11 bits per heavy atom. The van der Waals surface area contributed by atoms with Crippen molar-refractivity contribution in [3.05, 3.63) is 70.2 Å². The Morgan fingerprint density at radius 2 is 1.84 bits per heavy atom. The van der Waals surface area contributed by atoms with Crippen LogP contribution in [0.1, 0.15) is 50.8 Å². The van der Waals surface area contributed by atoms with Gasteiger partial charge in [0, 0.05) is 35.1 Å². The molecule has 1 aliphatic heterocycles. The summed E-state index contributed by atoms with van der Waals surface area (Å²) in [4.78, 5) is 17.3. The molecule has 1 aromatic carbocycles. The number of carbonyl (C=O) groups is 1. The van der Waals surface area contributed by atoms with Crippen LogP contribution in [0.3, 0.4) is 0 Å². The van der Waals surface area contributed by atoms with Crippen molar-refractivity contribution in [1.82, 2.24) is 25.1 Å². The molecule has 2 N–H and O–H groups in total. The molecular weight excluding hydrogens is 509 g/mol. The first kappa shape index (κ1) is 26.7. The molecule has 0 aliphatic carbocycles. The lowest BCUT2D eigenvalue weighted by Gasteiger charge is -2.22. The molecule has 0 atom stereocenters. The van der Waals surface area contributed by atoms with E-state index >= 15 is 0 Å². The smallest absolute Gasteiger partial charge is 0.293 e. The van der Waals surface area contributed by atoms with Crippen molar-refractivity contribution < 1.29 is 9.53 Å². The number of nitrogens with one attached hydrogen (secondary N) is 2. The van der Waals surface area contributed by atoms with Crippen LogP contribution in [0.25, 0.3) is 22.2 Å². The van der Waals surface area contributed by atoms with E-state index in [1.807, 2.05) is 45.4 Å². The second-order valence-corrected chi connectivity index (χ2v) is 10.5. The number of aromatic amines is 1. The Bertz CT molecular complexity index is 1420. The lowest BCUT2D eigenvalue weighted by Crippen LogP contribution is -2.29. The summed E-state index contributed by atoms with van der Waals surface area (Å²) in [5, 5.41) is 10.0. The first-order chi connectivity index (χ1) is 17.7. The SMILES string of the molecule is CC(C)(C)OC=O.Clc1cccc(Cl)c1C#Cc1c[nH]c2ncc(-c3cnn(C4CCNCC4)c3)cc12. The highest BCUT2D eigenvalue weighted by atomic mass is 35.5. The highest BCUT2D eigenvalue weighted by Gasteiger charge is 2.16. The van der Waals surface area contributed by atoms with Crippen LogP contribution >= 0.6 is 23.2 Å². The molecule has 1 fully saturated rings. The molecule has 1 aliphatic rings. The molecule has 0 amide bonds. The molecule has 3 aromatic heterocycles. The number of carbonyl (C=O) groups excluding carboxylic acids is 1. The van der Waals surface area contributed by atoms with Crippen molar-refractivity contribution in [2.24, 2.45) is 0 Å². The summed E-state index contributed by atoms with van der Waals surface area (Å²) in [6.07, 6.45) is 9.94. The average Bonchev–Trinajstić information content (AvgIpc) is 3.51. The molecule has 0 unspecified atom stereocenters. The second kappa shape index (κ2) is 11.8. The zero-order valence-corrected chi connectivity index (χ0v) is 22.5. The minimum atomic E-state index is -0.318. The van der Waals surface area contributed by atoms with Crippen LogP contribution in [0.5, 0.6) is 0 Å². The fraction of sp³-hybridized carbons (Fsp3) is 0.321. The van der Waals surface area contributed by atoms with Gasteiger partial charge in [-0.2, -0.15) is 5.10 Å². The molecule has 7 nitrogen and oxygen atoms in total. The topological polar surface area (TPSA) is 84.8 Å². The molecule has 0 radical (unpaired) electrons. The van der Waals surface area contributed by atoms with Gasteiger partial charge in [-0.05, 0) is 64.9 Å². The third-order valence-corrected chi connectivity index (χ3v) is 6.47. The maximum Gasteiger partial charge on any atom is 0.293 e. The number of hydrogen-bond donors (Lipinski definition) is 2. The normalized spacial score (nSPS) is 13.9. The number of hydrogen-bond acceptors (Lipinski definition) is 5. The van der Waals surface area contributed by atoms with Gasteiger partial charge in [-0.1, -0.05) is 41.1 Å². The number of benzene rings is 1. The molecule has 0 saturated carbocycles. The van der Waals surface area contributed by atoms with Gasteiger partial charge < -0.3 is 15.0 Å². The van der Waals surface area contributed by atoms with Gasteiger partial charge in [-0.3, -0.25) is 9.48 Å². The minimum Gasteiger partial charge on any atom is -0.462 e. The standard InChI is InChI=1S/C23H19Cl2N5.C5H10O2/c24-21-2-1-3-22(25)19(21)5-4-15-11-27-23-20(15)10-16(12-28-23)17-13-29-30(14-17)18-6-8-26-9-7-18;1-5(2,3)7-4-6/h1-3,10-14,18,26H,6-9H2,(H,27,28);4H,1-3H3. The molecule has 9 heteroatoms. The van der Waals surface area contributed by atoms with Crippen LogP contribution in [-0.4, -0.2) is 44.9 Å². The van der Waals surface area contributed by atoms with Gasteiger partial charge in [0.15, 0.2) is 0 Å². The Hall–Kier alpha value is -3.31. The molecule has 0 spiro atoms. The first-order valence-electron chi connectivity index (χ1n) is 12.0. The van der Waals surface area contributed by atoms with Gasteiger partial charge in [0.1, 0.15) is 11.2 Å². The van der Waals surface area contributed by atoms with Crippen LogP contribution < -0.4 is 5.32 Å². The summed E-state index contributed by atoms with van der Waals surface area (Å²) in [6, 6.07) is 7.92. The number of aromatic nitrogens is 4. The third-order valence-electron chi connectivity index (χ3n) is 5.84. The van der Waals surface area contributed by atoms with Gasteiger partial charge in [-0.15, -0.1) is 0 Å². The molecular formula is C28H29Cl2N5O2. The highest BCUT2D eigenvalue weighted by Crippen LogP contribution is 2.27. The van der Waals surface area contributed by atoms with Crippen molar-refractivity contribution in [1.29, 1.82) is 0 Å². The summed E-state index contributed by atoms with van der Waals surface area (Å²) in [6.45, 7) is 7.99. The number of nitrogens with zero attached hydrogens (tertiary/aromatic N) is 3. The van der Waals surface area contributed by atoms with Gasteiger partial charge in [-0.25, -0.2) is 4.98 Å². The lowest BCUT2D eigenvalue weighted by molar-refractivity contribution is -0.138. The van der Waals surface area contributed by atoms with E-state index in [4.69, 9.17) is 23.2 Å². The van der Waals surface area contributed by atoms with Gasteiger partial charge in [0.2, 0.25) is 0 Å². The van der Waals surface area contributed by atoms with Crippen LogP contribution in [0.4, 0.5) is 0 Å². The number of rotatable bonds is 3. The average molecular weight is 538 g/mol. The molecule has 5 rings (SSSR count). The summed E-state index contributed by atoms with van der Waals surface area (Å²) in [5.41, 5.74) is 4.02. The van der Waals surface area contributed by atoms with E-state index in [-0.39, 0.29) is 5.60 Å². The number of fused-ring (bicyclic) bond motifs is 1. The molecule has 192 valence electrons. The van der Waals surface area contributed by atoms with E-state index in [2.05, 4.69) is 53.9 Å². The van der Waals surface area contributed by atoms with E-state index < -0.39 is 0 Å². The third kappa shape index (κ3) is 6.92. The predicted molar refractivity (Wildman–Crippen MR) is 148 cm³/mol. The van der Waals surface area contributed by atoms with Crippen molar-refractivity contribution in [3.63, 3.8) is 0 Å². The number of piperidine rings is 1. The van der Waals surface area contributed by atoms with Crippen LogP contribution in [0, 0.1) is 11.8 Å². The lowest BCUT2D eigenvalue weighted by atomic mass is 10.1. The summed E-state index contributed by atoms with van der Waals surface area (Å²) < 4.78 is 6.63. The summed E-state index contributed by atoms with van der Waals surface area (Å²) in [5.74, 6) is 6.28. The zero-order valence-electron chi connectivity index (χ0n) is 21.0. The van der Waals surface area contributed by atoms with Gasteiger partial charge >= 0.3 is 0 Å². The number of H-pyrrole nitrogens is 1. The van der Waals surface area contributed by atoms with Crippen molar-refractivity contribution in [2.45, 2.75) is 45.3 Å². The summed E-state index contributed by atoms with van der Waals surface area (Å²) >= 11 is 12.5. The highest BCUT2D eigenvalue weighted by molar-refractivity contribution is 6.36. The molecule has 4 heterocycles. The van der Waals surface area contributed by atoms with Crippen molar-refractivity contribution in [3.8, 4) is 23.0 Å². The van der Waals surface area contributed by atoms with E-state index in [1.54, 1.807) is 12.1 Å². The van der Waals surface area contributed by atoms with Crippen LogP contribution in [-0.2, 0) is 9.53 Å². The van der Waals surface area contributed by atoms with E-state index in [1.165, 1.54) is 0 Å². The maximum absolute atomic E-state index is 9.60. The number of pyridine rings is 1. The zero-order chi connectivity index (χ0) is 26.4. The second-order valence-electron chi connectivity index (χ2n) is 9.69. The monoisotopic (exact) mass is 537 g/mol. The Morgan fingerprint density at radius 3 is 2.49 bits per heavy atom. The van der Waals surface area contributed by atoms with E-state index in [0.29, 0.717) is 28.1 Å². The molecule has 1 saturated heterocycles. The van der Waals surface area contributed by atoms with Gasteiger partial charge in [0.25, 0.3) is 6.47 Å². The Kier molecular flexibility index (Phi) is 8.55. The van der Waals surface area contributed by atoms with Crippen LogP contribution in [0.2, 0.25) is 10.0 Å². The fourth-order valence-electron chi connectivity index (χ4n) is 3.91. The fourth-order valence-corrected chi connectivity index (χ4v) is 4.41. The Balaban J connectivity index is 0.000000405. The first-order valence-corrected chi connectivity index (χ1v) is 12.8. The predicted octanol–water partition coefficient (Wildman–Crippen LogP) is 6.02. The van der Waals surface area contributed by atoms with Gasteiger partial charge in [0.05, 0.1) is 33.4 Å². The van der Waals surface area contributed by atoms with Crippen molar-refractivity contribution >= 4 is 40.7 Å². The number of ether oxygens (including phenoxy) is 1. The molecule has 0 bridgehead atoms. The van der Waals surface area contributed by atoms with Crippen LogP contribution in [0.15, 0.2) is 49.1 Å². The maximum atomic E-state index is 9.60. The quantitative estimate of drug-likeness (QED) is 0.246. The van der Waals surface area contributed by atoms with E-state index in [9.17, 15) is 4.79 Å². The largest absolute Gasteiger partial charge is 0.462 e. The molecule has 4 aromatic rings. The summed E-state index contributed by atoms with van der Waals surface area (Å²) in [7, 11) is 0. The Labute approximate surface area is 226 Å². The van der Waals surface area contributed by atoms with Crippen molar-refractivity contribution in [2.75, 3.05) is 13.1 Å². The number of halogens is 2.